The predicted octanol–water partition coefficient (Wildman–Crippen LogP) is 2.69. The van der Waals surface area contributed by atoms with Gasteiger partial charge in [0.25, 0.3) is 0 Å². The summed E-state index contributed by atoms with van der Waals surface area (Å²) in [6, 6.07) is 0. The Balaban J connectivity index is 2.46. The molecule has 0 amide bonds. The van der Waals surface area contributed by atoms with Crippen LogP contribution >= 0.6 is 11.3 Å². The van der Waals surface area contributed by atoms with Gasteiger partial charge in [-0.25, -0.2) is 4.98 Å². The molecular formula is C11H19NO2S. The fraction of sp³-hybridized carbons (Fsp3) is 0.727. The first-order valence-electron chi connectivity index (χ1n) is 5.10. The molecule has 1 atom stereocenters. The molecule has 0 aliphatic heterocycles. The lowest BCUT2D eigenvalue weighted by Gasteiger charge is -2.23. The summed E-state index contributed by atoms with van der Waals surface area (Å²) in [7, 11) is 1.69. The molecule has 0 saturated carbocycles. The average Bonchev–Trinajstić information content (AvgIpc) is 2.61. The second-order valence-corrected chi connectivity index (χ2v) is 5.37. The summed E-state index contributed by atoms with van der Waals surface area (Å²) >= 11 is 1.57. The van der Waals surface area contributed by atoms with Crippen molar-refractivity contribution in [2.24, 2.45) is 0 Å². The van der Waals surface area contributed by atoms with E-state index in [-0.39, 0.29) is 5.60 Å². The van der Waals surface area contributed by atoms with Crippen molar-refractivity contribution in [3.05, 3.63) is 16.1 Å². The summed E-state index contributed by atoms with van der Waals surface area (Å²) < 4.78 is 5.30. The van der Waals surface area contributed by atoms with E-state index in [0.29, 0.717) is 6.42 Å². The number of nitrogens with zero attached hydrogens (tertiary/aromatic N) is 1. The van der Waals surface area contributed by atoms with Crippen LogP contribution in [0.15, 0.2) is 5.38 Å². The van der Waals surface area contributed by atoms with Gasteiger partial charge in [0.2, 0.25) is 0 Å². The highest BCUT2D eigenvalue weighted by Gasteiger charge is 2.19. The zero-order valence-corrected chi connectivity index (χ0v) is 10.6. The SMILES string of the molecule is COC(C)(C)CCC(O)c1csc(C)n1. The van der Waals surface area contributed by atoms with Crippen molar-refractivity contribution < 1.29 is 9.84 Å². The van der Waals surface area contributed by atoms with Gasteiger partial charge in [-0.05, 0) is 33.6 Å². The Morgan fingerprint density at radius 3 is 2.73 bits per heavy atom. The fourth-order valence-corrected chi connectivity index (χ4v) is 1.93. The molecule has 0 aliphatic carbocycles. The highest BCUT2D eigenvalue weighted by atomic mass is 32.1. The normalized spacial score (nSPS) is 14.2. The molecule has 0 aromatic carbocycles. The Morgan fingerprint density at radius 1 is 1.60 bits per heavy atom. The zero-order chi connectivity index (χ0) is 11.5. The van der Waals surface area contributed by atoms with Gasteiger partial charge < -0.3 is 9.84 Å². The molecule has 1 aromatic rings. The number of aliphatic hydroxyl groups is 1. The third-order valence-corrected chi connectivity index (χ3v) is 3.34. The number of thiazole rings is 1. The van der Waals surface area contributed by atoms with E-state index in [1.54, 1.807) is 18.4 Å². The molecule has 3 nitrogen and oxygen atoms in total. The highest BCUT2D eigenvalue weighted by Crippen LogP contribution is 2.25. The van der Waals surface area contributed by atoms with Gasteiger partial charge in [0, 0.05) is 12.5 Å². The number of hydrogen-bond acceptors (Lipinski definition) is 4. The van der Waals surface area contributed by atoms with Gasteiger partial charge >= 0.3 is 0 Å². The molecule has 0 bridgehead atoms. The maximum atomic E-state index is 9.88. The maximum absolute atomic E-state index is 9.88. The van der Waals surface area contributed by atoms with Gasteiger partial charge in [-0.1, -0.05) is 0 Å². The van der Waals surface area contributed by atoms with Crippen molar-refractivity contribution in [3.63, 3.8) is 0 Å². The first kappa shape index (κ1) is 12.6. The number of aryl methyl sites for hydroxylation is 1. The first-order chi connectivity index (χ1) is 6.94. The minimum absolute atomic E-state index is 0.175. The van der Waals surface area contributed by atoms with Crippen LogP contribution in [0.1, 0.15) is 43.5 Å². The largest absolute Gasteiger partial charge is 0.387 e. The summed E-state index contributed by atoms with van der Waals surface area (Å²) in [4.78, 5) is 4.26. The van der Waals surface area contributed by atoms with Gasteiger partial charge in [0.05, 0.1) is 22.4 Å². The van der Waals surface area contributed by atoms with Crippen molar-refractivity contribution in [3.8, 4) is 0 Å². The molecule has 4 heteroatoms. The number of aromatic nitrogens is 1. The molecule has 1 rings (SSSR count). The Kier molecular flexibility index (Phi) is 4.25. The zero-order valence-electron chi connectivity index (χ0n) is 9.78. The standard InChI is InChI=1S/C11H19NO2S/c1-8-12-9(7-15-8)10(13)5-6-11(2,3)14-4/h7,10,13H,5-6H2,1-4H3. The Labute approximate surface area is 95.1 Å². The Hall–Kier alpha value is -0.450. The Morgan fingerprint density at radius 2 is 2.27 bits per heavy atom. The van der Waals surface area contributed by atoms with E-state index in [9.17, 15) is 5.11 Å². The molecule has 0 saturated heterocycles. The van der Waals surface area contributed by atoms with Gasteiger partial charge in [-0.3, -0.25) is 0 Å². The lowest BCUT2D eigenvalue weighted by molar-refractivity contribution is 0.00246. The van der Waals surface area contributed by atoms with Gasteiger partial charge in [0.15, 0.2) is 0 Å². The molecule has 0 aliphatic rings. The molecule has 86 valence electrons. The third kappa shape index (κ3) is 3.89. The molecule has 0 radical (unpaired) electrons. The first-order valence-corrected chi connectivity index (χ1v) is 5.98. The fourth-order valence-electron chi connectivity index (χ4n) is 1.27. The monoisotopic (exact) mass is 229 g/mol. The van der Waals surface area contributed by atoms with Crippen molar-refractivity contribution >= 4 is 11.3 Å². The quantitative estimate of drug-likeness (QED) is 0.844. The summed E-state index contributed by atoms with van der Waals surface area (Å²) in [5.74, 6) is 0. The topological polar surface area (TPSA) is 42.4 Å². The molecular weight excluding hydrogens is 210 g/mol. The van der Waals surface area contributed by atoms with E-state index in [4.69, 9.17) is 4.74 Å². The van der Waals surface area contributed by atoms with Crippen LogP contribution in [0.5, 0.6) is 0 Å². The van der Waals surface area contributed by atoms with Crippen molar-refractivity contribution in [1.29, 1.82) is 0 Å². The molecule has 1 N–H and O–H groups in total. The van der Waals surface area contributed by atoms with Crippen LogP contribution in [0.3, 0.4) is 0 Å². The predicted molar refractivity (Wildman–Crippen MR) is 62.1 cm³/mol. The number of ether oxygens (including phenoxy) is 1. The van der Waals surface area contributed by atoms with Crippen molar-refractivity contribution in [1.82, 2.24) is 4.98 Å². The van der Waals surface area contributed by atoms with Crippen LogP contribution in [-0.2, 0) is 4.74 Å². The lowest BCUT2D eigenvalue weighted by Crippen LogP contribution is -2.23. The number of methoxy groups -OCH3 is 1. The number of hydrogen-bond donors (Lipinski definition) is 1. The highest BCUT2D eigenvalue weighted by molar-refractivity contribution is 7.09. The van der Waals surface area contributed by atoms with E-state index >= 15 is 0 Å². The minimum atomic E-state index is -0.468. The maximum Gasteiger partial charge on any atom is 0.0969 e. The van der Waals surface area contributed by atoms with Crippen LogP contribution in [0.25, 0.3) is 0 Å². The van der Waals surface area contributed by atoms with Crippen LogP contribution < -0.4 is 0 Å². The van der Waals surface area contributed by atoms with E-state index in [2.05, 4.69) is 4.98 Å². The second kappa shape index (κ2) is 5.05. The van der Waals surface area contributed by atoms with Crippen LogP contribution in [-0.4, -0.2) is 22.8 Å². The molecule has 1 heterocycles. The van der Waals surface area contributed by atoms with E-state index in [1.807, 2.05) is 26.2 Å². The Bertz CT molecular complexity index is 309. The molecule has 0 spiro atoms. The summed E-state index contributed by atoms with van der Waals surface area (Å²) in [5, 5.41) is 12.8. The molecule has 1 unspecified atom stereocenters. The number of aliphatic hydroxyl groups excluding tert-OH is 1. The summed E-state index contributed by atoms with van der Waals surface area (Å²) in [6.45, 7) is 5.98. The van der Waals surface area contributed by atoms with Crippen molar-refractivity contribution in [2.45, 2.75) is 45.3 Å². The van der Waals surface area contributed by atoms with Crippen LogP contribution in [0, 0.1) is 6.92 Å². The van der Waals surface area contributed by atoms with Crippen LogP contribution in [0.4, 0.5) is 0 Å². The number of rotatable bonds is 5. The van der Waals surface area contributed by atoms with Gasteiger partial charge in [-0.2, -0.15) is 0 Å². The second-order valence-electron chi connectivity index (χ2n) is 4.31. The molecule has 15 heavy (non-hydrogen) atoms. The summed E-state index contributed by atoms with van der Waals surface area (Å²) in [5.41, 5.74) is 0.607. The van der Waals surface area contributed by atoms with E-state index in [1.165, 1.54) is 0 Å². The van der Waals surface area contributed by atoms with Crippen molar-refractivity contribution in [2.75, 3.05) is 7.11 Å². The summed E-state index contributed by atoms with van der Waals surface area (Å²) in [6.07, 6.45) is 1.04. The van der Waals surface area contributed by atoms with Gasteiger partial charge in [0.1, 0.15) is 0 Å². The van der Waals surface area contributed by atoms with E-state index in [0.717, 1.165) is 17.1 Å². The van der Waals surface area contributed by atoms with Crippen LogP contribution in [0.2, 0.25) is 0 Å². The van der Waals surface area contributed by atoms with Gasteiger partial charge in [-0.15, -0.1) is 11.3 Å². The average molecular weight is 229 g/mol. The smallest absolute Gasteiger partial charge is 0.0969 e. The minimum Gasteiger partial charge on any atom is -0.387 e. The third-order valence-electron chi connectivity index (χ3n) is 2.55. The lowest BCUT2D eigenvalue weighted by atomic mass is 9.99. The molecule has 0 fully saturated rings. The van der Waals surface area contributed by atoms with E-state index < -0.39 is 6.10 Å². The molecule has 1 aromatic heterocycles.